The first-order valence-corrected chi connectivity index (χ1v) is 12.0. The molecule has 0 fully saturated rings. The fourth-order valence-electron chi connectivity index (χ4n) is 3.74. The Morgan fingerprint density at radius 2 is 1.97 bits per heavy atom. The van der Waals surface area contributed by atoms with Crippen LogP contribution in [0.5, 0.6) is 11.5 Å². The minimum atomic E-state index is -0.498. The average Bonchev–Trinajstić information content (AvgIpc) is 2.81. The van der Waals surface area contributed by atoms with Gasteiger partial charge in [0, 0.05) is 28.7 Å². The summed E-state index contributed by atoms with van der Waals surface area (Å²) in [6.07, 6.45) is 0.931. The van der Waals surface area contributed by atoms with Crippen LogP contribution < -0.4 is 20.3 Å². The first-order chi connectivity index (χ1) is 16.0. The lowest BCUT2D eigenvalue weighted by Gasteiger charge is -2.26. The lowest BCUT2D eigenvalue weighted by atomic mass is 9.86. The molecule has 9 heteroatoms. The third kappa shape index (κ3) is 5.17. The van der Waals surface area contributed by atoms with Crippen LogP contribution in [-0.2, 0) is 10.5 Å². The number of nitrogens with one attached hydrogen (secondary N) is 2. The van der Waals surface area contributed by atoms with Crippen LogP contribution in [-0.4, -0.2) is 29.6 Å². The number of amides is 1. The first-order valence-electron chi connectivity index (χ1n) is 10.6. The molecule has 33 heavy (non-hydrogen) atoms. The zero-order chi connectivity index (χ0) is 23.4. The number of aromatic nitrogens is 2. The second kappa shape index (κ2) is 10.3. The van der Waals surface area contributed by atoms with Gasteiger partial charge in [-0.3, -0.25) is 9.59 Å². The number of hydrogen-bond acceptors (Lipinski definition) is 6. The highest BCUT2D eigenvalue weighted by atomic mass is 35.5. The number of methoxy groups -OCH3 is 1. The number of hydrogen-bond donors (Lipinski definition) is 2. The van der Waals surface area contributed by atoms with Crippen molar-refractivity contribution in [3.05, 3.63) is 74.5 Å². The summed E-state index contributed by atoms with van der Waals surface area (Å²) in [5.41, 5.74) is 1.90. The highest BCUT2D eigenvalue weighted by molar-refractivity contribution is 7.98. The molecule has 0 radical (unpaired) electrons. The maximum absolute atomic E-state index is 13.2. The number of benzene rings is 2. The number of anilines is 1. The molecule has 0 bridgehead atoms. The zero-order valence-electron chi connectivity index (χ0n) is 18.3. The van der Waals surface area contributed by atoms with E-state index in [1.807, 2.05) is 43.3 Å². The molecule has 1 atom stereocenters. The fraction of sp³-hybridized carbons (Fsp3) is 0.292. The van der Waals surface area contributed by atoms with Gasteiger partial charge >= 0.3 is 0 Å². The second-order valence-electron chi connectivity index (χ2n) is 7.58. The predicted molar refractivity (Wildman–Crippen MR) is 130 cm³/mol. The normalized spacial score (nSPS) is 15.0. The van der Waals surface area contributed by atoms with Crippen LogP contribution in [0.3, 0.4) is 0 Å². The Morgan fingerprint density at radius 1 is 1.18 bits per heavy atom. The van der Waals surface area contributed by atoms with E-state index in [1.54, 1.807) is 13.2 Å². The van der Waals surface area contributed by atoms with Crippen molar-refractivity contribution in [2.24, 2.45) is 0 Å². The molecule has 0 aliphatic carbocycles. The van der Waals surface area contributed by atoms with Gasteiger partial charge in [-0.15, -0.1) is 0 Å². The summed E-state index contributed by atoms with van der Waals surface area (Å²) >= 11 is 7.32. The van der Waals surface area contributed by atoms with Gasteiger partial charge in [-0.2, -0.15) is 0 Å². The SMILES string of the molecule is CCCOc1c(OC)cccc1[C@H]1CC(=O)Nc2nc(SCc3ccc(Cl)cc3)[nH]c(=O)c21. The second-order valence-corrected chi connectivity index (χ2v) is 8.98. The van der Waals surface area contributed by atoms with Crippen molar-refractivity contribution in [1.29, 1.82) is 0 Å². The van der Waals surface area contributed by atoms with Gasteiger partial charge in [0.1, 0.15) is 5.82 Å². The summed E-state index contributed by atoms with van der Waals surface area (Å²) < 4.78 is 11.4. The smallest absolute Gasteiger partial charge is 0.257 e. The molecule has 0 unspecified atom stereocenters. The van der Waals surface area contributed by atoms with Crippen molar-refractivity contribution in [2.75, 3.05) is 19.0 Å². The van der Waals surface area contributed by atoms with Crippen LogP contribution >= 0.6 is 23.4 Å². The van der Waals surface area contributed by atoms with Gasteiger partial charge in [-0.1, -0.05) is 54.6 Å². The summed E-state index contributed by atoms with van der Waals surface area (Å²) in [6, 6.07) is 13.0. The monoisotopic (exact) mass is 485 g/mol. The molecule has 0 spiro atoms. The molecule has 2 N–H and O–H groups in total. The first kappa shape index (κ1) is 23.2. The molecule has 0 saturated heterocycles. The Hall–Kier alpha value is -2.97. The zero-order valence-corrected chi connectivity index (χ0v) is 19.9. The topological polar surface area (TPSA) is 93.3 Å². The number of para-hydroxylation sites is 1. The van der Waals surface area contributed by atoms with E-state index in [1.165, 1.54) is 11.8 Å². The van der Waals surface area contributed by atoms with E-state index < -0.39 is 5.92 Å². The number of halogens is 1. The Morgan fingerprint density at radius 3 is 2.70 bits per heavy atom. The van der Waals surface area contributed by atoms with E-state index in [-0.39, 0.29) is 23.7 Å². The molecule has 1 aliphatic heterocycles. The van der Waals surface area contributed by atoms with Crippen molar-refractivity contribution in [3.63, 3.8) is 0 Å². The summed E-state index contributed by atoms with van der Waals surface area (Å²) in [5, 5.41) is 3.86. The Labute approximate surface area is 200 Å². The van der Waals surface area contributed by atoms with Gasteiger partial charge in [0.25, 0.3) is 5.56 Å². The van der Waals surface area contributed by atoms with Gasteiger partial charge in [0.2, 0.25) is 5.91 Å². The maximum Gasteiger partial charge on any atom is 0.257 e. The molecule has 3 aromatic rings. The molecule has 2 aromatic carbocycles. The molecular weight excluding hydrogens is 462 g/mol. The van der Waals surface area contributed by atoms with Crippen molar-refractivity contribution < 1.29 is 14.3 Å². The van der Waals surface area contributed by atoms with Crippen molar-refractivity contribution in [3.8, 4) is 11.5 Å². The van der Waals surface area contributed by atoms with E-state index >= 15 is 0 Å². The lowest BCUT2D eigenvalue weighted by molar-refractivity contribution is -0.116. The standard InChI is InChI=1S/C24H24ClN3O4S/c1-3-11-32-21-16(5-4-6-18(21)31-2)17-12-19(29)26-22-20(17)23(30)28-24(27-22)33-13-14-7-9-15(25)10-8-14/h4-10,17H,3,11-13H2,1-2H3,(H2,26,27,28,29,30)/t17-/m1/s1. The van der Waals surface area contributed by atoms with E-state index in [9.17, 15) is 9.59 Å². The van der Waals surface area contributed by atoms with Gasteiger partial charge in [0.15, 0.2) is 16.7 Å². The maximum atomic E-state index is 13.2. The molecule has 2 heterocycles. The van der Waals surface area contributed by atoms with Gasteiger partial charge in [0.05, 0.1) is 19.3 Å². The minimum Gasteiger partial charge on any atom is -0.493 e. The molecule has 1 aromatic heterocycles. The lowest BCUT2D eigenvalue weighted by Crippen LogP contribution is -2.31. The van der Waals surface area contributed by atoms with Crippen LogP contribution in [0.25, 0.3) is 0 Å². The van der Waals surface area contributed by atoms with Crippen molar-refractivity contribution in [2.45, 2.75) is 36.6 Å². The highest BCUT2D eigenvalue weighted by Gasteiger charge is 2.33. The third-order valence-corrected chi connectivity index (χ3v) is 6.47. The fourth-order valence-corrected chi connectivity index (χ4v) is 4.69. The number of ether oxygens (including phenoxy) is 2. The Kier molecular flexibility index (Phi) is 7.25. The largest absolute Gasteiger partial charge is 0.493 e. The quantitative estimate of drug-likeness (QED) is 0.345. The summed E-state index contributed by atoms with van der Waals surface area (Å²) in [6.45, 7) is 2.50. The van der Waals surface area contributed by atoms with E-state index in [0.29, 0.717) is 39.6 Å². The number of aromatic amines is 1. The number of rotatable bonds is 8. The molecule has 0 saturated carbocycles. The molecule has 7 nitrogen and oxygen atoms in total. The number of thioether (sulfide) groups is 1. The van der Waals surface area contributed by atoms with E-state index in [4.69, 9.17) is 21.1 Å². The molecule has 172 valence electrons. The summed E-state index contributed by atoms with van der Waals surface area (Å²) in [5.74, 6) is 1.29. The van der Waals surface area contributed by atoms with Gasteiger partial charge < -0.3 is 19.8 Å². The molecule has 1 aliphatic rings. The number of carbonyl (C=O) groups excluding carboxylic acids is 1. The summed E-state index contributed by atoms with van der Waals surface area (Å²) in [7, 11) is 1.57. The molecule has 1 amide bonds. The van der Waals surface area contributed by atoms with Crippen LogP contribution in [0.2, 0.25) is 5.02 Å². The predicted octanol–water partition coefficient (Wildman–Crippen LogP) is 4.99. The van der Waals surface area contributed by atoms with Crippen molar-refractivity contribution >= 4 is 35.1 Å². The summed E-state index contributed by atoms with van der Waals surface area (Å²) in [4.78, 5) is 33.1. The van der Waals surface area contributed by atoms with Gasteiger partial charge in [-0.05, 0) is 30.2 Å². The Balaban J connectivity index is 1.69. The molecule has 4 rings (SSSR count). The third-order valence-electron chi connectivity index (χ3n) is 5.27. The molecular formula is C24H24ClN3O4S. The number of fused-ring (bicyclic) bond motifs is 1. The van der Waals surface area contributed by atoms with Crippen LogP contribution in [0, 0.1) is 0 Å². The highest BCUT2D eigenvalue weighted by Crippen LogP contribution is 2.42. The van der Waals surface area contributed by atoms with E-state index in [2.05, 4.69) is 15.3 Å². The van der Waals surface area contributed by atoms with Gasteiger partial charge in [-0.25, -0.2) is 4.98 Å². The van der Waals surface area contributed by atoms with Crippen LogP contribution in [0.15, 0.2) is 52.4 Å². The minimum absolute atomic E-state index is 0.116. The van der Waals surface area contributed by atoms with E-state index in [0.717, 1.165) is 17.5 Å². The average molecular weight is 486 g/mol. The van der Waals surface area contributed by atoms with Crippen LogP contribution in [0.4, 0.5) is 5.82 Å². The Bertz CT molecular complexity index is 1210. The number of H-pyrrole nitrogens is 1. The number of nitrogens with zero attached hydrogens (tertiary/aromatic N) is 1. The van der Waals surface area contributed by atoms with Crippen molar-refractivity contribution in [1.82, 2.24) is 9.97 Å². The number of carbonyl (C=O) groups is 1. The van der Waals surface area contributed by atoms with Crippen LogP contribution in [0.1, 0.15) is 42.4 Å².